The number of carbonyl (C=O) groups is 3. The van der Waals surface area contributed by atoms with Crippen LogP contribution in [-0.4, -0.2) is 42.3 Å². The quantitative estimate of drug-likeness (QED) is 0.772. The average molecular weight is 335 g/mol. The average Bonchev–Trinajstić information content (AvgIpc) is 2.59. The summed E-state index contributed by atoms with van der Waals surface area (Å²) < 4.78 is 12.8. The molecule has 3 N–H and O–H groups in total. The van der Waals surface area contributed by atoms with Gasteiger partial charge in [0.15, 0.2) is 0 Å². The van der Waals surface area contributed by atoms with E-state index >= 15 is 0 Å². The normalized spacial score (nSPS) is 15.1. The molecule has 1 heterocycles. The Hall–Kier alpha value is -2.44. The Balaban J connectivity index is 1.69. The maximum absolute atomic E-state index is 12.8. The number of halogens is 1. The number of hydrogen-bond acceptors (Lipinski definition) is 3. The minimum Gasteiger partial charge on any atom is -0.361 e. The monoisotopic (exact) mass is 335 g/mol. The van der Waals surface area contributed by atoms with Crippen LogP contribution in [0.1, 0.15) is 24.8 Å². The fourth-order valence-corrected chi connectivity index (χ4v) is 2.77. The van der Waals surface area contributed by atoms with E-state index in [0.717, 1.165) is 18.4 Å². The molecule has 0 saturated carbocycles. The SMILES string of the molecule is NC(=O)C(=O)NCC1CCN(C(=O)CCc2ccc(F)cc2)CC1. The second kappa shape index (κ2) is 8.42. The summed E-state index contributed by atoms with van der Waals surface area (Å²) in [7, 11) is 0. The molecule has 0 aliphatic carbocycles. The summed E-state index contributed by atoms with van der Waals surface area (Å²) >= 11 is 0. The first-order valence-corrected chi connectivity index (χ1v) is 8.05. The molecule has 130 valence electrons. The lowest BCUT2D eigenvalue weighted by atomic mass is 9.96. The zero-order valence-corrected chi connectivity index (χ0v) is 13.5. The Morgan fingerprint density at radius 3 is 2.38 bits per heavy atom. The van der Waals surface area contributed by atoms with Gasteiger partial charge in [-0.25, -0.2) is 4.39 Å². The lowest BCUT2D eigenvalue weighted by molar-refractivity contribution is -0.137. The molecule has 0 aromatic heterocycles. The van der Waals surface area contributed by atoms with E-state index in [9.17, 15) is 18.8 Å². The van der Waals surface area contributed by atoms with E-state index in [4.69, 9.17) is 5.73 Å². The number of benzene rings is 1. The van der Waals surface area contributed by atoms with Crippen molar-refractivity contribution in [3.8, 4) is 0 Å². The molecule has 0 atom stereocenters. The zero-order chi connectivity index (χ0) is 17.5. The van der Waals surface area contributed by atoms with Crippen LogP contribution < -0.4 is 11.1 Å². The molecule has 1 aromatic rings. The lowest BCUT2D eigenvalue weighted by Crippen LogP contribution is -2.43. The first-order valence-electron chi connectivity index (χ1n) is 8.05. The van der Waals surface area contributed by atoms with Gasteiger partial charge in [0.05, 0.1) is 0 Å². The van der Waals surface area contributed by atoms with Crippen molar-refractivity contribution in [2.45, 2.75) is 25.7 Å². The Labute approximate surface area is 140 Å². The van der Waals surface area contributed by atoms with Crippen molar-refractivity contribution in [2.24, 2.45) is 11.7 Å². The summed E-state index contributed by atoms with van der Waals surface area (Å²) in [6, 6.07) is 6.17. The number of nitrogens with zero attached hydrogens (tertiary/aromatic N) is 1. The van der Waals surface area contributed by atoms with Gasteiger partial charge in [0.1, 0.15) is 5.82 Å². The van der Waals surface area contributed by atoms with Gasteiger partial charge < -0.3 is 16.0 Å². The van der Waals surface area contributed by atoms with E-state index in [-0.39, 0.29) is 17.6 Å². The van der Waals surface area contributed by atoms with Crippen LogP contribution in [-0.2, 0) is 20.8 Å². The maximum Gasteiger partial charge on any atom is 0.309 e. The predicted molar refractivity (Wildman–Crippen MR) is 86.2 cm³/mol. The molecular formula is C17H22FN3O3. The molecular weight excluding hydrogens is 313 g/mol. The van der Waals surface area contributed by atoms with Crippen molar-refractivity contribution in [1.29, 1.82) is 0 Å². The number of likely N-dealkylation sites (tertiary alicyclic amines) is 1. The van der Waals surface area contributed by atoms with Gasteiger partial charge in [-0.05, 0) is 42.9 Å². The highest BCUT2D eigenvalue weighted by Crippen LogP contribution is 2.17. The van der Waals surface area contributed by atoms with Crippen molar-refractivity contribution in [2.75, 3.05) is 19.6 Å². The van der Waals surface area contributed by atoms with Gasteiger partial charge in [0.25, 0.3) is 0 Å². The first kappa shape index (κ1) is 17.9. The van der Waals surface area contributed by atoms with Gasteiger partial charge in [-0.2, -0.15) is 0 Å². The molecule has 0 bridgehead atoms. The number of aryl methyl sites for hydroxylation is 1. The van der Waals surface area contributed by atoms with E-state index in [1.807, 2.05) is 4.90 Å². The molecule has 1 fully saturated rings. The molecule has 1 saturated heterocycles. The first-order chi connectivity index (χ1) is 11.5. The molecule has 0 radical (unpaired) electrons. The fourth-order valence-electron chi connectivity index (χ4n) is 2.77. The standard InChI is InChI=1S/C17H22FN3O3/c18-14-4-1-12(2-5-14)3-6-15(22)21-9-7-13(8-10-21)11-20-17(24)16(19)23/h1-2,4-5,13H,3,6-11H2,(H2,19,23)(H,20,24). The Kier molecular flexibility index (Phi) is 6.28. The van der Waals surface area contributed by atoms with Gasteiger partial charge in [-0.15, -0.1) is 0 Å². The van der Waals surface area contributed by atoms with Crippen LogP contribution in [0, 0.1) is 11.7 Å². The van der Waals surface area contributed by atoms with Gasteiger partial charge >= 0.3 is 11.8 Å². The van der Waals surface area contributed by atoms with E-state index < -0.39 is 11.8 Å². The van der Waals surface area contributed by atoms with E-state index in [1.165, 1.54) is 12.1 Å². The van der Waals surface area contributed by atoms with E-state index in [2.05, 4.69) is 5.32 Å². The molecule has 3 amide bonds. The summed E-state index contributed by atoms with van der Waals surface area (Å²) in [6.07, 6.45) is 2.55. The van der Waals surface area contributed by atoms with Gasteiger partial charge in [0.2, 0.25) is 5.91 Å². The summed E-state index contributed by atoms with van der Waals surface area (Å²) in [4.78, 5) is 35.8. The minimum atomic E-state index is -0.983. The largest absolute Gasteiger partial charge is 0.361 e. The molecule has 7 heteroatoms. The lowest BCUT2D eigenvalue weighted by Gasteiger charge is -2.32. The molecule has 1 aromatic carbocycles. The molecule has 1 aliphatic heterocycles. The third-order valence-electron chi connectivity index (χ3n) is 4.28. The van der Waals surface area contributed by atoms with Gasteiger partial charge in [0, 0.05) is 26.1 Å². The van der Waals surface area contributed by atoms with Crippen molar-refractivity contribution in [3.05, 3.63) is 35.6 Å². The third kappa shape index (κ3) is 5.33. The molecule has 6 nitrogen and oxygen atoms in total. The molecule has 1 aliphatic rings. The van der Waals surface area contributed by atoms with Crippen molar-refractivity contribution in [1.82, 2.24) is 10.2 Å². The number of carbonyl (C=O) groups excluding carboxylic acids is 3. The van der Waals surface area contributed by atoms with Crippen molar-refractivity contribution < 1.29 is 18.8 Å². The predicted octanol–water partition coefficient (Wildman–Crippen LogP) is 0.598. The highest BCUT2D eigenvalue weighted by Gasteiger charge is 2.23. The topological polar surface area (TPSA) is 92.5 Å². The highest BCUT2D eigenvalue weighted by atomic mass is 19.1. The van der Waals surface area contributed by atoms with Crippen LogP contribution in [0.5, 0.6) is 0 Å². The minimum absolute atomic E-state index is 0.0824. The summed E-state index contributed by atoms with van der Waals surface area (Å²) in [5.41, 5.74) is 5.82. The second-order valence-corrected chi connectivity index (χ2v) is 6.02. The van der Waals surface area contributed by atoms with Gasteiger partial charge in [-0.1, -0.05) is 12.1 Å². The van der Waals surface area contributed by atoms with Crippen molar-refractivity contribution in [3.63, 3.8) is 0 Å². The van der Waals surface area contributed by atoms with Crippen LogP contribution in [0.15, 0.2) is 24.3 Å². The number of nitrogens with two attached hydrogens (primary N) is 1. The van der Waals surface area contributed by atoms with E-state index in [0.29, 0.717) is 32.5 Å². The molecule has 0 unspecified atom stereocenters. The molecule has 24 heavy (non-hydrogen) atoms. The molecule has 2 rings (SSSR count). The number of hydrogen-bond donors (Lipinski definition) is 2. The third-order valence-corrected chi connectivity index (χ3v) is 4.28. The van der Waals surface area contributed by atoms with Crippen LogP contribution in [0.3, 0.4) is 0 Å². The highest BCUT2D eigenvalue weighted by molar-refractivity contribution is 6.34. The maximum atomic E-state index is 12.8. The Bertz CT molecular complexity index is 596. The van der Waals surface area contributed by atoms with Crippen LogP contribution >= 0.6 is 0 Å². The van der Waals surface area contributed by atoms with E-state index in [1.54, 1.807) is 12.1 Å². The number of primary amides is 1. The molecule has 0 spiro atoms. The van der Waals surface area contributed by atoms with Crippen LogP contribution in [0.2, 0.25) is 0 Å². The summed E-state index contributed by atoms with van der Waals surface area (Å²) in [5.74, 6) is -1.71. The van der Waals surface area contributed by atoms with Crippen LogP contribution in [0.25, 0.3) is 0 Å². The number of nitrogens with one attached hydrogen (secondary N) is 1. The van der Waals surface area contributed by atoms with Crippen LogP contribution in [0.4, 0.5) is 4.39 Å². The van der Waals surface area contributed by atoms with Crippen molar-refractivity contribution >= 4 is 17.7 Å². The van der Waals surface area contributed by atoms with Gasteiger partial charge in [-0.3, -0.25) is 14.4 Å². The second-order valence-electron chi connectivity index (χ2n) is 6.02. The fraction of sp³-hybridized carbons (Fsp3) is 0.471. The summed E-state index contributed by atoms with van der Waals surface area (Å²) in [5, 5.41) is 2.50. The Morgan fingerprint density at radius 2 is 1.79 bits per heavy atom. The number of piperidine rings is 1. The Morgan fingerprint density at radius 1 is 1.17 bits per heavy atom. The summed E-state index contributed by atoms with van der Waals surface area (Å²) in [6.45, 7) is 1.68. The zero-order valence-electron chi connectivity index (χ0n) is 13.5. The number of amides is 3. The number of rotatable bonds is 5. The smallest absolute Gasteiger partial charge is 0.309 e.